The zero-order valence-electron chi connectivity index (χ0n) is 7.41. The van der Waals surface area contributed by atoms with Gasteiger partial charge in [0.2, 0.25) is 0 Å². The molecule has 1 aromatic rings. The molecule has 5 heteroatoms. The third-order valence-corrected chi connectivity index (χ3v) is 1.70. The van der Waals surface area contributed by atoms with Crippen molar-refractivity contribution in [2.45, 2.75) is 6.92 Å². The zero-order chi connectivity index (χ0) is 10.0. The molecule has 0 aliphatic carbocycles. The molecule has 0 saturated heterocycles. The van der Waals surface area contributed by atoms with Crippen LogP contribution in [0, 0.1) is 12.7 Å². The van der Waals surface area contributed by atoms with E-state index in [4.69, 9.17) is 14.8 Å². The lowest BCUT2D eigenvalue weighted by Crippen LogP contribution is -2.32. The molecule has 1 rings (SSSR count). The molecule has 0 saturated carbocycles. The van der Waals surface area contributed by atoms with Crippen LogP contribution in [0.1, 0.15) is 5.56 Å². The summed E-state index contributed by atoms with van der Waals surface area (Å²) in [5.74, 6) is -0.716. The number of hydrogen-bond donors (Lipinski definition) is 2. The summed E-state index contributed by atoms with van der Waals surface area (Å²) in [4.78, 5) is 0. The topological polar surface area (TPSA) is 49.7 Å². The van der Waals surface area contributed by atoms with Crippen molar-refractivity contribution >= 4 is 12.6 Å². The number of halogens is 1. The van der Waals surface area contributed by atoms with Crippen LogP contribution in [0.3, 0.4) is 0 Å². The van der Waals surface area contributed by atoms with Gasteiger partial charge in [-0.05, 0) is 18.6 Å². The molecule has 13 heavy (non-hydrogen) atoms. The molecule has 0 unspecified atom stereocenters. The summed E-state index contributed by atoms with van der Waals surface area (Å²) < 4.78 is 17.8. The highest BCUT2D eigenvalue weighted by Gasteiger charge is 2.20. The summed E-state index contributed by atoms with van der Waals surface area (Å²) in [5.41, 5.74) is 0.654. The van der Waals surface area contributed by atoms with Crippen LogP contribution >= 0.6 is 0 Å². The summed E-state index contributed by atoms with van der Waals surface area (Å²) in [6, 6.07) is 2.73. The Kier molecular flexibility index (Phi) is 2.90. The first-order chi connectivity index (χ1) is 6.06. The van der Waals surface area contributed by atoms with Gasteiger partial charge in [0.25, 0.3) is 0 Å². The molecule has 0 fully saturated rings. The Bertz CT molecular complexity index is 315. The molecule has 70 valence electrons. The molecule has 1 aromatic carbocycles. The number of benzene rings is 1. The second-order valence-corrected chi connectivity index (χ2v) is 2.74. The Morgan fingerprint density at radius 3 is 2.46 bits per heavy atom. The summed E-state index contributed by atoms with van der Waals surface area (Å²) in [5, 5.41) is 17.8. The van der Waals surface area contributed by atoms with Crippen molar-refractivity contribution < 1.29 is 19.2 Å². The lowest BCUT2D eigenvalue weighted by molar-refractivity contribution is 0.381. The minimum Gasteiger partial charge on any atom is -0.494 e. The van der Waals surface area contributed by atoms with E-state index in [1.165, 1.54) is 19.2 Å². The van der Waals surface area contributed by atoms with Crippen LogP contribution in [-0.4, -0.2) is 24.3 Å². The van der Waals surface area contributed by atoms with Crippen LogP contribution in [0.25, 0.3) is 0 Å². The second-order valence-electron chi connectivity index (χ2n) is 2.74. The van der Waals surface area contributed by atoms with Gasteiger partial charge in [0.1, 0.15) is 0 Å². The van der Waals surface area contributed by atoms with Gasteiger partial charge in [0.15, 0.2) is 11.6 Å². The van der Waals surface area contributed by atoms with Crippen molar-refractivity contribution in [3.05, 3.63) is 23.5 Å². The van der Waals surface area contributed by atoms with Crippen molar-refractivity contribution in [1.82, 2.24) is 0 Å². The van der Waals surface area contributed by atoms with Crippen LogP contribution in [0.15, 0.2) is 12.1 Å². The number of rotatable bonds is 2. The van der Waals surface area contributed by atoms with Gasteiger partial charge >= 0.3 is 7.12 Å². The SMILES string of the molecule is COc1c(F)cc(C)cc1B(O)O. The molecule has 0 aliphatic heterocycles. The van der Waals surface area contributed by atoms with E-state index in [0.29, 0.717) is 5.56 Å². The molecule has 2 N–H and O–H groups in total. The molecule has 0 aliphatic rings. The maximum Gasteiger partial charge on any atom is 0.492 e. The Morgan fingerprint density at radius 1 is 1.38 bits per heavy atom. The number of methoxy groups -OCH3 is 1. The molecule has 0 radical (unpaired) electrons. The predicted octanol–water partition coefficient (Wildman–Crippen LogP) is -0.177. The highest BCUT2D eigenvalue weighted by Crippen LogP contribution is 2.15. The average molecular weight is 184 g/mol. The lowest BCUT2D eigenvalue weighted by atomic mass is 9.78. The fraction of sp³-hybridized carbons (Fsp3) is 0.250. The highest BCUT2D eigenvalue weighted by molar-refractivity contribution is 6.59. The minimum absolute atomic E-state index is 0.0417. The van der Waals surface area contributed by atoms with Crippen molar-refractivity contribution in [3.63, 3.8) is 0 Å². The van der Waals surface area contributed by atoms with E-state index in [-0.39, 0.29) is 11.2 Å². The molecule has 3 nitrogen and oxygen atoms in total. The van der Waals surface area contributed by atoms with Gasteiger partial charge in [0, 0.05) is 5.46 Å². The van der Waals surface area contributed by atoms with Crippen LogP contribution in [0.2, 0.25) is 0 Å². The first-order valence-corrected chi connectivity index (χ1v) is 3.76. The van der Waals surface area contributed by atoms with Gasteiger partial charge in [-0.25, -0.2) is 4.39 Å². The molecular formula is C8H10BFO3. The number of ether oxygens (including phenoxy) is 1. The average Bonchev–Trinajstić information content (AvgIpc) is 2.02. The second kappa shape index (κ2) is 3.76. The number of aryl methyl sites for hydroxylation is 1. The molecule has 0 amide bonds. The quantitative estimate of drug-likeness (QED) is 0.627. The van der Waals surface area contributed by atoms with E-state index in [1.54, 1.807) is 6.92 Å². The van der Waals surface area contributed by atoms with Crippen molar-refractivity contribution in [2.75, 3.05) is 7.11 Å². The van der Waals surface area contributed by atoms with Crippen LogP contribution in [0.4, 0.5) is 4.39 Å². The Balaban J connectivity index is 3.29. The fourth-order valence-electron chi connectivity index (χ4n) is 1.16. The predicted molar refractivity (Wildman–Crippen MR) is 47.5 cm³/mol. The van der Waals surface area contributed by atoms with E-state index >= 15 is 0 Å². The van der Waals surface area contributed by atoms with Gasteiger partial charge in [-0.2, -0.15) is 0 Å². The zero-order valence-corrected chi connectivity index (χ0v) is 7.41. The number of hydrogen-bond acceptors (Lipinski definition) is 3. The summed E-state index contributed by atoms with van der Waals surface area (Å²) in [7, 11) is -0.441. The van der Waals surface area contributed by atoms with Gasteiger partial charge < -0.3 is 14.8 Å². The third-order valence-electron chi connectivity index (χ3n) is 1.70. The first-order valence-electron chi connectivity index (χ1n) is 3.76. The highest BCUT2D eigenvalue weighted by atomic mass is 19.1. The van der Waals surface area contributed by atoms with Crippen molar-refractivity contribution in [3.8, 4) is 5.75 Å². The summed E-state index contributed by atoms with van der Waals surface area (Å²) in [6.45, 7) is 1.66. The van der Waals surface area contributed by atoms with Gasteiger partial charge in [-0.1, -0.05) is 6.07 Å². The van der Waals surface area contributed by atoms with E-state index < -0.39 is 12.9 Å². The summed E-state index contributed by atoms with van der Waals surface area (Å²) in [6.07, 6.45) is 0. The first kappa shape index (κ1) is 10.0. The molecule has 0 atom stereocenters. The van der Waals surface area contributed by atoms with Crippen molar-refractivity contribution in [2.24, 2.45) is 0 Å². The minimum atomic E-state index is -1.72. The van der Waals surface area contributed by atoms with Crippen molar-refractivity contribution in [1.29, 1.82) is 0 Å². The van der Waals surface area contributed by atoms with E-state index in [2.05, 4.69) is 0 Å². The van der Waals surface area contributed by atoms with E-state index in [0.717, 1.165) is 0 Å². The normalized spacial score (nSPS) is 9.92. The smallest absolute Gasteiger partial charge is 0.492 e. The Labute approximate surface area is 75.9 Å². The molecular weight excluding hydrogens is 174 g/mol. The maximum atomic E-state index is 13.1. The van der Waals surface area contributed by atoms with E-state index in [9.17, 15) is 4.39 Å². The van der Waals surface area contributed by atoms with Crippen LogP contribution < -0.4 is 10.2 Å². The van der Waals surface area contributed by atoms with Crippen LogP contribution in [0.5, 0.6) is 5.75 Å². The summed E-state index contributed by atoms with van der Waals surface area (Å²) >= 11 is 0. The van der Waals surface area contributed by atoms with Crippen LogP contribution in [-0.2, 0) is 0 Å². The van der Waals surface area contributed by atoms with Gasteiger partial charge in [0.05, 0.1) is 7.11 Å². The monoisotopic (exact) mass is 184 g/mol. The molecule has 0 aromatic heterocycles. The van der Waals surface area contributed by atoms with Gasteiger partial charge in [-0.15, -0.1) is 0 Å². The largest absolute Gasteiger partial charge is 0.494 e. The molecule has 0 bridgehead atoms. The standard InChI is InChI=1S/C8H10BFO3/c1-5-3-6(9(11)12)8(13-2)7(10)4-5/h3-4,11-12H,1-2H3. The Hall–Kier alpha value is -1.07. The molecule has 0 heterocycles. The fourth-order valence-corrected chi connectivity index (χ4v) is 1.16. The molecule has 0 spiro atoms. The Morgan fingerprint density at radius 2 is 2.00 bits per heavy atom. The maximum absolute atomic E-state index is 13.1. The van der Waals surface area contributed by atoms with E-state index in [1.807, 2.05) is 0 Å². The van der Waals surface area contributed by atoms with Gasteiger partial charge in [-0.3, -0.25) is 0 Å². The lowest BCUT2D eigenvalue weighted by Gasteiger charge is -2.09. The third kappa shape index (κ3) is 1.99.